The monoisotopic (exact) mass is 163 g/mol. The maximum Gasteiger partial charge on any atom is 0.188 e. The molecule has 0 bridgehead atoms. The molecule has 0 radical (unpaired) electrons. The molecule has 0 aromatic carbocycles. The van der Waals surface area contributed by atoms with Crippen molar-refractivity contribution in [1.29, 1.82) is 0 Å². The SMILES string of the molecule is CC(=O)SC(N)(N)C(C)N. The first-order valence-corrected chi connectivity index (χ1v) is 3.71. The number of carbonyl (C=O) groups excluding carboxylic acids is 1. The predicted octanol–water partition coefficient (Wildman–Crippen LogP) is -0.815. The van der Waals surface area contributed by atoms with Crippen LogP contribution in [0.1, 0.15) is 13.8 Å². The minimum absolute atomic E-state index is 0.123. The van der Waals surface area contributed by atoms with E-state index in [1.165, 1.54) is 6.92 Å². The molecule has 0 aromatic heterocycles. The van der Waals surface area contributed by atoms with Crippen LogP contribution >= 0.6 is 11.8 Å². The topological polar surface area (TPSA) is 95.1 Å². The first-order valence-electron chi connectivity index (χ1n) is 2.89. The summed E-state index contributed by atoms with van der Waals surface area (Å²) < 4.78 is 0. The number of nitrogens with two attached hydrogens (primary N) is 3. The van der Waals surface area contributed by atoms with E-state index < -0.39 is 11.0 Å². The molecule has 0 aliphatic heterocycles. The van der Waals surface area contributed by atoms with Gasteiger partial charge in [-0.1, -0.05) is 0 Å². The van der Waals surface area contributed by atoms with E-state index in [-0.39, 0.29) is 5.12 Å². The molecule has 0 fully saturated rings. The van der Waals surface area contributed by atoms with E-state index in [1.54, 1.807) is 6.92 Å². The Balaban J connectivity index is 3.99. The maximum absolute atomic E-state index is 10.5. The third kappa shape index (κ3) is 3.17. The van der Waals surface area contributed by atoms with Crippen molar-refractivity contribution in [2.75, 3.05) is 0 Å². The fourth-order valence-electron chi connectivity index (χ4n) is 0.342. The van der Waals surface area contributed by atoms with Crippen molar-refractivity contribution < 1.29 is 4.79 Å². The lowest BCUT2D eigenvalue weighted by Gasteiger charge is -2.25. The van der Waals surface area contributed by atoms with Crippen molar-refractivity contribution >= 4 is 16.9 Å². The summed E-state index contributed by atoms with van der Waals surface area (Å²) in [5, 5.41) is -0.123. The molecule has 4 nitrogen and oxygen atoms in total. The molecule has 0 aliphatic carbocycles. The zero-order valence-electron chi connectivity index (χ0n) is 6.13. The lowest BCUT2D eigenvalue weighted by Crippen LogP contribution is -2.58. The third-order valence-corrected chi connectivity index (χ3v) is 2.04. The van der Waals surface area contributed by atoms with E-state index in [4.69, 9.17) is 17.2 Å². The third-order valence-electron chi connectivity index (χ3n) is 1.03. The first-order chi connectivity index (χ1) is 4.36. The number of hydrogen-bond donors (Lipinski definition) is 3. The number of thioether (sulfide) groups is 1. The van der Waals surface area contributed by atoms with Crippen LogP contribution in [-0.4, -0.2) is 16.2 Å². The molecule has 5 heteroatoms. The van der Waals surface area contributed by atoms with Gasteiger partial charge in [0.15, 0.2) is 5.12 Å². The van der Waals surface area contributed by atoms with E-state index in [9.17, 15) is 4.79 Å². The van der Waals surface area contributed by atoms with Crippen molar-refractivity contribution in [3.05, 3.63) is 0 Å². The van der Waals surface area contributed by atoms with Gasteiger partial charge in [-0.15, -0.1) is 0 Å². The van der Waals surface area contributed by atoms with E-state index in [0.29, 0.717) is 0 Å². The molecule has 1 unspecified atom stereocenters. The number of carbonyl (C=O) groups is 1. The molecule has 6 N–H and O–H groups in total. The van der Waals surface area contributed by atoms with Crippen LogP contribution in [0.5, 0.6) is 0 Å². The Labute approximate surface area is 64.5 Å². The van der Waals surface area contributed by atoms with E-state index >= 15 is 0 Å². The Morgan fingerprint density at radius 2 is 2.00 bits per heavy atom. The Morgan fingerprint density at radius 3 is 2.10 bits per heavy atom. The highest BCUT2D eigenvalue weighted by Gasteiger charge is 2.26. The Bertz CT molecular complexity index is 135. The molecule has 0 aliphatic rings. The summed E-state index contributed by atoms with van der Waals surface area (Å²) in [6.45, 7) is 3.07. The van der Waals surface area contributed by atoms with Crippen LogP contribution < -0.4 is 17.2 Å². The molecule has 60 valence electrons. The fourth-order valence-corrected chi connectivity index (χ4v) is 1.03. The fraction of sp³-hybridized carbons (Fsp3) is 0.800. The van der Waals surface area contributed by atoms with Crippen LogP contribution in [0.25, 0.3) is 0 Å². The van der Waals surface area contributed by atoms with Gasteiger partial charge in [-0.3, -0.25) is 4.79 Å². The summed E-state index contributed by atoms with van der Waals surface area (Å²) in [7, 11) is 0. The predicted molar refractivity (Wildman–Crippen MR) is 43.0 cm³/mol. The molecule has 0 spiro atoms. The highest BCUT2D eigenvalue weighted by molar-refractivity contribution is 8.14. The van der Waals surface area contributed by atoms with Crippen molar-refractivity contribution in [2.45, 2.75) is 24.9 Å². The standard InChI is InChI=1S/C5H13N3OS/c1-3(6)5(7,8)10-4(2)9/h3H,6-8H2,1-2H3. The van der Waals surface area contributed by atoms with Crippen LogP contribution in [-0.2, 0) is 4.79 Å². The van der Waals surface area contributed by atoms with Gasteiger partial charge in [0.2, 0.25) is 0 Å². The molecule has 0 aromatic rings. The average Bonchev–Trinajstić information content (AvgIpc) is 1.60. The van der Waals surface area contributed by atoms with Gasteiger partial charge in [-0.2, -0.15) is 0 Å². The van der Waals surface area contributed by atoms with E-state index in [0.717, 1.165) is 11.8 Å². The van der Waals surface area contributed by atoms with E-state index in [1.807, 2.05) is 0 Å². The second-order valence-electron chi connectivity index (χ2n) is 2.24. The minimum Gasteiger partial charge on any atom is -0.324 e. The molecule has 1 atom stereocenters. The Kier molecular flexibility index (Phi) is 3.30. The summed E-state index contributed by atoms with van der Waals surface area (Å²) in [5.41, 5.74) is 16.3. The number of rotatable bonds is 2. The van der Waals surface area contributed by atoms with Gasteiger partial charge < -0.3 is 17.2 Å². The molecule has 0 saturated carbocycles. The largest absolute Gasteiger partial charge is 0.324 e. The average molecular weight is 163 g/mol. The van der Waals surface area contributed by atoms with Crippen molar-refractivity contribution in [2.24, 2.45) is 17.2 Å². The lowest BCUT2D eigenvalue weighted by molar-refractivity contribution is -0.109. The van der Waals surface area contributed by atoms with Crippen LogP contribution in [0.3, 0.4) is 0 Å². The summed E-state index contributed by atoms with van der Waals surface area (Å²) in [6, 6.07) is -0.401. The van der Waals surface area contributed by atoms with E-state index in [2.05, 4.69) is 0 Å². The van der Waals surface area contributed by atoms with Crippen molar-refractivity contribution in [1.82, 2.24) is 0 Å². The highest BCUT2D eigenvalue weighted by Crippen LogP contribution is 2.16. The second kappa shape index (κ2) is 3.34. The lowest BCUT2D eigenvalue weighted by atomic mass is 10.3. The van der Waals surface area contributed by atoms with Crippen LogP contribution in [0.15, 0.2) is 0 Å². The first kappa shape index (κ1) is 9.90. The van der Waals surface area contributed by atoms with Gasteiger partial charge >= 0.3 is 0 Å². The summed E-state index contributed by atoms with van der Waals surface area (Å²) in [4.78, 5) is 9.38. The van der Waals surface area contributed by atoms with Gasteiger partial charge in [0.05, 0.1) is 0 Å². The van der Waals surface area contributed by atoms with Crippen molar-refractivity contribution in [3.63, 3.8) is 0 Å². The van der Waals surface area contributed by atoms with Crippen molar-refractivity contribution in [3.8, 4) is 0 Å². The van der Waals surface area contributed by atoms with Gasteiger partial charge in [0, 0.05) is 13.0 Å². The molecule has 0 amide bonds. The minimum atomic E-state index is -1.13. The quantitative estimate of drug-likeness (QED) is 0.462. The molecule has 0 saturated heterocycles. The second-order valence-corrected chi connectivity index (χ2v) is 3.72. The normalized spacial score (nSPS) is 14.9. The molecule has 10 heavy (non-hydrogen) atoms. The smallest absolute Gasteiger partial charge is 0.188 e. The van der Waals surface area contributed by atoms with Crippen LogP contribution in [0.2, 0.25) is 0 Å². The van der Waals surface area contributed by atoms with Gasteiger partial charge in [0.1, 0.15) is 4.99 Å². The van der Waals surface area contributed by atoms with Gasteiger partial charge in [-0.25, -0.2) is 0 Å². The Hall–Kier alpha value is -0.100. The molecule has 0 heterocycles. The van der Waals surface area contributed by atoms with Crippen LogP contribution in [0, 0.1) is 0 Å². The number of hydrogen-bond acceptors (Lipinski definition) is 5. The molecule has 0 rings (SSSR count). The van der Waals surface area contributed by atoms with Gasteiger partial charge in [0.25, 0.3) is 0 Å². The highest BCUT2D eigenvalue weighted by atomic mass is 32.2. The zero-order valence-corrected chi connectivity index (χ0v) is 6.94. The van der Waals surface area contributed by atoms with Gasteiger partial charge in [-0.05, 0) is 18.7 Å². The maximum atomic E-state index is 10.5. The molecular weight excluding hydrogens is 150 g/mol. The molecular formula is C5H13N3OS. The van der Waals surface area contributed by atoms with Crippen LogP contribution in [0.4, 0.5) is 0 Å². The Morgan fingerprint density at radius 1 is 1.60 bits per heavy atom. The summed E-state index contributed by atoms with van der Waals surface area (Å²) in [5.74, 6) is 0. The summed E-state index contributed by atoms with van der Waals surface area (Å²) >= 11 is 0.856. The zero-order chi connectivity index (χ0) is 8.36. The summed E-state index contributed by atoms with van der Waals surface area (Å²) in [6.07, 6.45) is 0.